The maximum absolute atomic E-state index is 12.6. The summed E-state index contributed by atoms with van der Waals surface area (Å²) in [6.07, 6.45) is 2.23. The maximum Gasteiger partial charge on any atom is 0.473 e. The summed E-state index contributed by atoms with van der Waals surface area (Å²) < 4.78 is 0. The molecule has 0 aliphatic carbocycles. The van der Waals surface area contributed by atoms with Gasteiger partial charge in [-0.25, -0.2) is 4.79 Å². The van der Waals surface area contributed by atoms with Crippen LogP contribution in [0, 0.1) is 5.92 Å². The van der Waals surface area contributed by atoms with Gasteiger partial charge in [-0.1, -0.05) is 44.2 Å². The lowest BCUT2D eigenvalue weighted by Crippen LogP contribution is -2.49. The zero-order chi connectivity index (χ0) is 20.5. The predicted molar refractivity (Wildman–Crippen MR) is 105 cm³/mol. The molecule has 0 fully saturated rings. The summed E-state index contributed by atoms with van der Waals surface area (Å²) in [6, 6.07) is 11.5. The number of aromatic amines is 1. The minimum Gasteiger partial charge on any atom is -0.426 e. The monoisotopic (exact) mass is 387 g/mol. The average Bonchev–Trinajstić information content (AvgIpc) is 3.19. The topological polar surface area (TPSA) is 124 Å². The molecule has 1 aromatic carbocycles. The summed E-state index contributed by atoms with van der Waals surface area (Å²) in [6.45, 7) is 3.82. The molecule has 1 heterocycles. The molecule has 0 bridgehead atoms. The minimum atomic E-state index is -1.68. The first kappa shape index (κ1) is 21.7. The van der Waals surface area contributed by atoms with E-state index >= 15 is 0 Å². The third kappa shape index (κ3) is 6.84. The third-order valence-electron chi connectivity index (χ3n) is 4.11. The average molecular weight is 387 g/mol. The van der Waals surface area contributed by atoms with Crippen LogP contribution in [0.5, 0.6) is 0 Å². The Bertz CT molecular complexity index is 737. The molecule has 5 N–H and O–H groups in total. The number of H-pyrrole nitrogens is 1. The van der Waals surface area contributed by atoms with Gasteiger partial charge in [-0.3, -0.25) is 4.79 Å². The first-order valence-electron chi connectivity index (χ1n) is 9.17. The van der Waals surface area contributed by atoms with E-state index in [-0.39, 0.29) is 12.3 Å². The first-order valence-corrected chi connectivity index (χ1v) is 9.17. The number of hydrogen-bond acceptors (Lipinski definition) is 6. The van der Waals surface area contributed by atoms with E-state index in [1.54, 1.807) is 18.3 Å². The SMILES string of the molecule is CC(C)C[C@H](NOC(=O)[C@H](Cc1ccccc1)NC(=O)c1ccc[nH]1)B(O)O. The van der Waals surface area contributed by atoms with Crippen LogP contribution in [0.4, 0.5) is 0 Å². The Hall–Kier alpha value is -2.62. The van der Waals surface area contributed by atoms with Crippen LogP contribution in [0.2, 0.25) is 0 Å². The lowest BCUT2D eigenvalue weighted by atomic mass is 9.76. The number of hydroxylamine groups is 1. The van der Waals surface area contributed by atoms with Gasteiger partial charge in [0.1, 0.15) is 11.7 Å². The van der Waals surface area contributed by atoms with E-state index in [0.29, 0.717) is 12.1 Å². The quantitative estimate of drug-likeness (QED) is 0.304. The Morgan fingerprint density at radius 3 is 2.43 bits per heavy atom. The van der Waals surface area contributed by atoms with Gasteiger partial charge in [0.25, 0.3) is 5.91 Å². The Morgan fingerprint density at radius 1 is 1.14 bits per heavy atom. The van der Waals surface area contributed by atoms with Gasteiger partial charge >= 0.3 is 13.1 Å². The second-order valence-corrected chi connectivity index (χ2v) is 6.99. The third-order valence-corrected chi connectivity index (χ3v) is 4.11. The molecule has 0 radical (unpaired) electrons. The van der Waals surface area contributed by atoms with Crippen LogP contribution in [0.15, 0.2) is 48.7 Å². The molecule has 9 heteroatoms. The maximum atomic E-state index is 12.6. The molecule has 2 rings (SSSR count). The molecule has 0 unspecified atom stereocenters. The molecule has 0 spiro atoms. The van der Waals surface area contributed by atoms with Gasteiger partial charge in [-0.2, -0.15) is 5.48 Å². The zero-order valence-corrected chi connectivity index (χ0v) is 16.0. The number of benzene rings is 1. The standard InChI is InChI=1S/C19H26BN3O5/c1-13(2)11-17(20(26)27)23-28-19(25)16(12-14-7-4-3-5-8-14)22-18(24)15-9-6-10-21-15/h3-10,13,16-17,21,23,26-27H,11-12H2,1-2H3,(H,22,24)/t16-,17-/m0/s1. The highest BCUT2D eigenvalue weighted by Crippen LogP contribution is 2.08. The smallest absolute Gasteiger partial charge is 0.426 e. The Morgan fingerprint density at radius 2 is 1.86 bits per heavy atom. The number of carbonyl (C=O) groups is 2. The second kappa shape index (κ2) is 10.7. The van der Waals surface area contributed by atoms with Crippen LogP contribution >= 0.6 is 0 Å². The van der Waals surface area contributed by atoms with Gasteiger partial charge in [0.2, 0.25) is 0 Å². The first-order chi connectivity index (χ1) is 13.4. The van der Waals surface area contributed by atoms with Crippen molar-refractivity contribution in [1.29, 1.82) is 0 Å². The summed E-state index contributed by atoms with van der Waals surface area (Å²) in [5.74, 6) is -1.84. The minimum absolute atomic E-state index is 0.158. The lowest BCUT2D eigenvalue weighted by molar-refractivity contribution is -0.154. The van der Waals surface area contributed by atoms with Crippen molar-refractivity contribution in [1.82, 2.24) is 15.8 Å². The van der Waals surface area contributed by atoms with E-state index in [1.165, 1.54) is 0 Å². The van der Waals surface area contributed by atoms with Gasteiger partial charge < -0.3 is 25.2 Å². The number of amides is 1. The van der Waals surface area contributed by atoms with E-state index in [4.69, 9.17) is 4.84 Å². The molecule has 1 amide bonds. The Balaban J connectivity index is 2.06. The van der Waals surface area contributed by atoms with E-state index < -0.39 is 31.0 Å². The number of rotatable bonds is 10. The van der Waals surface area contributed by atoms with Gasteiger partial charge in [0, 0.05) is 12.6 Å². The molecular formula is C19H26BN3O5. The van der Waals surface area contributed by atoms with Crippen molar-refractivity contribution in [3.63, 3.8) is 0 Å². The molecule has 2 aromatic rings. The van der Waals surface area contributed by atoms with Gasteiger partial charge in [-0.15, -0.1) is 0 Å². The van der Waals surface area contributed by atoms with Gasteiger partial charge in [0.15, 0.2) is 0 Å². The number of carbonyl (C=O) groups excluding carboxylic acids is 2. The lowest BCUT2D eigenvalue weighted by Gasteiger charge is -2.22. The number of hydrogen-bond donors (Lipinski definition) is 5. The fraction of sp³-hybridized carbons (Fsp3) is 0.368. The van der Waals surface area contributed by atoms with Crippen LogP contribution in [0.25, 0.3) is 0 Å². The summed E-state index contributed by atoms with van der Waals surface area (Å²) >= 11 is 0. The van der Waals surface area contributed by atoms with Crippen molar-refractivity contribution in [2.75, 3.05) is 0 Å². The zero-order valence-electron chi connectivity index (χ0n) is 16.0. The molecule has 0 aliphatic rings. The molecule has 0 aliphatic heterocycles. The Labute approximate surface area is 164 Å². The highest BCUT2D eigenvalue weighted by atomic mass is 16.7. The van der Waals surface area contributed by atoms with E-state index in [1.807, 2.05) is 44.2 Å². The van der Waals surface area contributed by atoms with Crippen molar-refractivity contribution in [2.24, 2.45) is 5.92 Å². The summed E-state index contributed by atoms with van der Waals surface area (Å²) in [5, 5.41) is 21.5. The van der Waals surface area contributed by atoms with Crippen LogP contribution < -0.4 is 10.8 Å². The predicted octanol–water partition coefficient (Wildman–Crippen LogP) is 0.830. The highest BCUT2D eigenvalue weighted by molar-refractivity contribution is 6.43. The van der Waals surface area contributed by atoms with Crippen LogP contribution in [0.3, 0.4) is 0 Å². The van der Waals surface area contributed by atoms with Gasteiger partial charge in [0.05, 0.1) is 5.94 Å². The molecular weight excluding hydrogens is 361 g/mol. The summed E-state index contributed by atoms with van der Waals surface area (Å²) in [4.78, 5) is 32.8. The Kier molecular flexibility index (Phi) is 8.25. The number of nitrogens with one attached hydrogen (secondary N) is 3. The van der Waals surface area contributed by atoms with Crippen molar-refractivity contribution in [2.45, 2.75) is 38.7 Å². The van der Waals surface area contributed by atoms with Gasteiger partial charge in [-0.05, 0) is 30.0 Å². The van der Waals surface area contributed by atoms with Crippen molar-refractivity contribution >= 4 is 19.0 Å². The van der Waals surface area contributed by atoms with Crippen LogP contribution in [-0.4, -0.2) is 46.0 Å². The molecule has 28 heavy (non-hydrogen) atoms. The number of aromatic nitrogens is 1. The molecule has 2 atom stereocenters. The van der Waals surface area contributed by atoms with Crippen LogP contribution in [0.1, 0.15) is 36.3 Å². The molecule has 0 saturated heterocycles. The molecule has 8 nitrogen and oxygen atoms in total. The van der Waals surface area contributed by atoms with Crippen molar-refractivity contribution in [3.05, 3.63) is 59.9 Å². The molecule has 1 aromatic heterocycles. The second-order valence-electron chi connectivity index (χ2n) is 6.99. The van der Waals surface area contributed by atoms with E-state index in [2.05, 4.69) is 15.8 Å². The fourth-order valence-corrected chi connectivity index (χ4v) is 2.69. The fourth-order valence-electron chi connectivity index (χ4n) is 2.69. The molecule has 150 valence electrons. The summed E-state index contributed by atoms with van der Waals surface area (Å²) in [7, 11) is -1.68. The van der Waals surface area contributed by atoms with E-state index in [9.17, 15) is 19.6 Å². The van der Waals surface area contributed by atoms with Crippen LogP contribution in [-0.2, 0) is 16.1 Å². The summed E-state index contributed by atoms with van der Waals surface area (Å²) in [5.41, 5.74) is 3.58. The normalized spacial score (nSPS) is 13.0. The van der Waals surface area contributed by atoms with Crippen molar-refractivity contribution in [3.8, 4) is 0 Å². The molecule has 0 saturated carbocycles. The highest BCUT2D eigenvalue weighted by Gasteiger charge is 2.29. The van der Waals surface area contributed by atoms with Crippen molar-refractivity contribution < 1.29 is 24.5 Å². The van der Waals surface area contributed by atoms with E-state index in [0.717, 1.165) is 5.56 Å². The largest absolute Gasteiger partial charge is 0.473 e.